The summed E-state index contributed by atoms with van der Waals surface area (Å²) in [5.74, 6) is -0.375. The van der Waals surface area contributed by atoms with Crippen LogP contribution in [0, 0.1) is 0 Å². The summed E-state index contributed by atoms with van der Waals surface area (Å²) >= 11 is 0. The Hall–Kier alpha value is -3.12. The molecule has 172 valence electrons. The lowest BCUT2D eigenvalue weighted by Gasteiger charge is -2.43. The molecule has 1 saturated heterocycles. The summed E-state index contributed by atoms with van der Waals surface area (Å²) in [6.45, 7) is 2.41. The lowest BCUT2D eigenvalue weighted by atomic mass is 9.78. The van der Waals surface area contributed by atoms with E-state index in [1.807, 2.05) is 58.5 Å². The number of hydrogen-bond donors (Lipinski definition) is 1. The first-order chi connectivity index (χ1) is 16.2. The van der Waals surface area contributed by atoms with Crippen molar-refractivity contribution in [2.75, 3.05) is 33.4 Å². The van der Waals surface area contributed by atoms with Crippen LogP contribution in [0.4, 0.5) is 0 Å². The predicted octanol–water partition coefficient (Wildman–Crippen LogP) is 4.50. The molecular formula is C27H31N3O3. The van der Waals surface area contributed by atoms with Crippen molar-refractivity contribution in [2.45, 2.75) is 37.6 Å². The van der Waals surface area contributed by atoms with Crippen LogP contribution >= 0.6 is 0 Å². The third kappa shape index (κ3) is 3.93. The molecule has 3 heterocycles. The van der Waals surface area contributed by atoms with E-state index in [4.69, 9.17) is 4.74 Å². The van der Waals surface area contributed by atoms with Gasteiger partial charge in [-0.05, 0) is 30.5 Å². The van der Waals surface area contributed by atoms with E-state index < -0.39 is 12.0 Å². The normalized spacial score (nSPS) is 21.2. The zero-order chi connectivity index (χ0) is 22.8. The second kappa shape index (κ2) is 9.40. The van der Waals surface area contributed by atoms with Crippen LogP contribution in [-0.4, -0.2) is 59.9 Å². The molecule has 1 fully saturated rings. The maximum absolute atomic E-state index is 14.2. The number of rotatable bonds is 5. The molecule has 1 N–H and O–H groups in total. The average molecular weight is 446 g/mol. The largest absolute Gasteiger partial charge is 0.383 e. The third-order valence-electron chi connectivity index (χ3n) is 7.10. The minimum Gasteiger partial charge on any atom is -0.383 e. The van der Waals surface area contributed by atoms with E-state index >= 15 is 0 Å². The van der Waals surface area contributed by atoms with Crippen molar-refractivity contribution in [3.63, 3.8) is 0 Å². The van der Waals surface area contributed by atoms with Crippen molar-refractivity contribution in [1.29, 1.82) is 0 Å². The number of benzene rings is 2. The number of nitrogens with one attached hydrogen (secondary N) is 1. The van der Waals surface area contributed by atoms with E-state index in [0.717, 1.165) is 60.8 Å². The predicted molar refractivity (Wildman–Crippen MR) is 128 cm³/mol. The molecule has 2 unspecified atom stereocenters. The highest BCUT2D eigenvalue weighted by molar-refractivity contribution is 6.02. The van der Waals surface area contributed by atoms with Gasteiger partial charge in [-0.2, -0.15) is 0 Å². The Morgan fingerprint density at radius 2 is 1.73 bits per heavy atom. The Morgan fingerprint density at radius 3 is 2.52 bits per heavy atom. The summed E-state index contributed by atoms with van der Waals surface area (Å²) in [5, 5.41) is 1.05. The minimum atomic E-state index is -0.451. The Labute approximate surface area is 194 Å². The SMILES string of the molecule is COCCN1C(=O)c2ccccc2C(C(=O)N2CCCCCC2)C1c1c[nH]c2ccccc12. The highest BCUT2D eigenvalue weighted by Gasteiger charge is 2.46. The highest BCUT2D eigenvalue weighted by atomic mass is 16.5. The first-order valence-electron chi connectivity index (χ1n) is 11.9. The summed E-state index contributed by atoms with van der Waals surface area (Å²) in [6, 6.07) is 15.3. The smallest absolute Gasteiger partial charge is 0.254 e. The Kier molecular flexibility index (Phi) is 6.18. The van der Waals surface area contributed by atoms with Gasteiger partial charge < -0.3 is 19.5 Å². The molecule has 0 bridgehead atoms. The van der Waals surface area contributed by atoms with Crippen LogP contribution in [0.1, 0.15) is 59.1 Å². The maximum atomic E-state index is 14.2. The molecule has 2 aliphatic heterocycles. The third-order valence-corrected chi connectivity index (χ3v) is 7.10. The van der Waals surface area contributed by atoms with Crippen LogP contribution < -0.4 is 0 Å². The highest BCUT2D eigenvalue weighted by Crippen LogP contribution is 2.45. The minimum absolute atomic E-state index is 0.0437. The zero-order valence-electron chi connectivity index (χ0n) is 19.1. The van der Waals surface area contributed by atoms with Gasteiger partial charge in [0, 0.05) is 55.0 Å². The first kappa shape index (κ1) is 21.7. The maximum Gasteiger partial charge on any atom is 0.254 e. The fourth-order valence-corrected chi connectivity index (χ4v) is 5.47. The molecule has 6 nitrogen and oxygen atoms in total. The Bertz CT molecular complexity index is 1150. The molecule has 2 aromatic carbocycles. The zero-order valence-corrected chi connectivity index (χ0v) is 19.1. The summed E-state index contributed by atoms with van der Waals surface area (Å²) in [5.41, 5.74) is 3.45. The van der Waals surface area contributed by atoms with Crippen molar-refractivity contribution in [1.82, 2.24) is 14.8 Å². The van der Waals surface area contributed by atoms with E-state index in [-0.39, 0.29) is 11.8 Å². The summed E-state index contributed by atoms with van der Waals surface area (Å²) in [7, 11) is 1.64. The van der Waals surface area contributed by atoms with Crippen molar-refractivity contribution < 1.29 is 14.3 Å². The Morgan fingerprint density at radius 1 is 1.00 bits per heavy atom. The average Bonchev–Trinajstić information content (AvgIpc) is 3.07. The van der Waals surface area contributed by atoms with Crippen LogP contribution in [0.25, 0.3) is 10.9 Å². The number of methoxy groups -OCH3 is 1. The molecule has 2 aliphatic rings. The van der Waals surface area contributed by atoms with Gasteiger partial charge in [-0.3, -0.25) is 9.59 Å². The van der Waals surface area contributed by atoms with Crippen molar-refractivity contribution in [3.8, 4) is 0 Å². The standard InChI is InChI=1S/C27H31N3O3/c1-33-17-16-30-25(22-18-28-23-13-7-6-10-19(22)23)24(20-11-4-5-12-21(20)26(30)31)27(32)29-14-8-2-3-9-15-29/h4-7,10-13,18,24-25,28H,2-3,8-9,14-17H2,1H3. The molecule has 1 aromatic heterocycles. The van der Waals surface area contributed by atoms with E-state index in [0.29, 0.717) is 18.7 Å². The molecule has 5 rings (SSSR count). The van der Waals surface area contributed by atoms with Gasteiger partial charge in [0.15, 0.2) is 0 Å². The van der Waals surface area contributed by atoms with Gasteiger partial charge >= 0.3 is 0 Å². The molecule has 2 amide bonds. The number of hydrogen-bond acceptors (Lipinski definition) is 3. The van der Waals surface area contributed by atoms with Crippen LogP contribution in [0.15, 0.2) is 54.7 Å². The number of carbonyl (C=O) groups excluding carboxylic acids is 2. The van der Waals surface area contributed by atoms with Crippen LogP contribution in [0.2, 0.25) is 0 Å². The molecule has 0 spiro atoms. The van der Waals surface area contributed by atoms with E-state index in [9.17, 15) is 9.59 Å². The molecule has 0 saturated carbocycles. The first-order valence-corrected chi connectivity index (χ1v) is 11.9. The fourth-order valence-electron chi connectivity index (χ4n) is 5.47. The second-order valence-electron chi connectivity index (χ2n) is 9.03. The van der Waals surface area contributed by atoms with Crippen molar-refractivity contribution in [3.05, 3.63) is 71.4 Å². The van der Waals surface area contributed by atoms with Gasteiger partial charge in [-0.15, -0.1) is 0 Å². The summed E-state index contributed by atoms with van der Waals surface area (Å²) in [6.07, 6.45) is 6.36. The number of carbonyl (C=O) groups is 2. The molecular weight excluding hydrogens is 414 g/mol. The van der Waals surface area contributed by atoms with Gasteiger partial charge in [0.1, 0.15) is 0 Å². The number of para-hydroxylation sites is 1. The van der Waals surface area contributed by atoms with Crippen LogP contribution in [-0.2, 0) is 9.53 Å². The molecule has 33 heavy (non-hydrogen) atoms. The number of amides is 2. The van der Waals surface area contributed by atoms with Gasteiger partial charge in [0.05, 0.1) is 18.6 Å². The topological polar surface area (TPSA) is 65.6 Å². The van der Waals surface area contributed by atoms with E-state index in [1.54, 1.807) is 7.11 Å². The van der Waals surface area contributed by atoms with Gasteiger partial charge in [0.2, 0.25) is 5.91 Å². The van der Waals surface area contributed by atoms with Gasteiger partial charge in [-0.25, -0.2) is 0 Å². The summed E-state index contributed by atoms with van der Waals surface area (Å²) in [4.78, 5) is 35.1. The number of aromatic amines is 1. The lowest BCUT2D eigenvalue weighted by Crippen LogP contribution is -2.49. The number of nitrogens with zero attached hydrogens (tertiary/aromatic N) is 2. The molecule has 6 heteroatoms. The van der Waals surface area contributed by atoms with E-state index in [2.05, 4.69) is 11.1 Å². The van der Waals surface area contributed by atoms with Crippen LogP contribution in [0.5, 0.6) is 0 Å². The number of H-pyrrole nitrogens is 1. The number of aromatic nitrogens is 1. The molecule has 0 aliphatic carbocycles. The van der Waals surface area contributed by atoms with Crippen molar-refractivity contribution >= 4 is 22.7 Å². The fraction of sp³-hybridized carbons (Fsp3) is 0.407. The second-order valence-corrected chi connectivity index (χ2v) is 9.03. The molecule has 3 aromatic rings. The van der Waals surface area contributed by atoms with Crippen LogP contribution in [0.3, 0.4) is 0 Å². The van der Waals surface area contributed by atoms with E-state index in [1.165, 1.54) is 0 Å². The lowest BCUT2D eigenvalue weighted by molar-refractivity contribution is -0.134. The van der Waals surface area contributed by atoms with Gasteiger partial charge in [-0.1, -0.05) is 49.2 Å². The van der Waals surface area contributed by atoms with Crippen molar-refractivity contribution in [2.24, 2.45) is 0 Å². The number of likely N-dealkylation sites (tertiary alicyclic amines) is 1. The molecule has 2 atom stereocenters. The summed E-state index contributed by atoms with van der Waals surface area (Å²) < 4.78 is 5.37. The quantitative estimate of drug-likeness (QED) is 0.629. The monoisotopic (exact) mass is 445 g/mol. The molecule has 0 radical (unpaired) electrons. The Balaban J connectivity index is 1.68. The number of ether oxygens (including phenoxy) is 1. The van der Waals surface area contributed by atoms with Gasteiger partial charge in [0.25, 0.3) is 5.91 Å². The number of fused-ring (bicyclic) bond motifs is 2.